The van der Waals surface area contributed by atoms with Crippen molar-refractivity contribution < 1.29 is 23.8 Å². The minimum absolute atomic E-state index is 0.0244. The number of likely N-dealkylation sites (N-methyl/N-ethyl adjacent to an activating group) is 1. The van der Waals surface area contributed by atoms with Gasteiger partial charge in [-0.25, -0.2) is 0 Å². The largest absolute Gasteiger partial charge is 0.507 e. The molecule has 0 radical (unpaired) electrons. The van der Waals surface area contributed by atoms with Crippen LogP contribution in [0.3, 0.4) is 0 Å². The number of aliphatic hydroxyl groups excluding tert-OH is 1. The van der Waals surface area contributed by atoms with Crippen LogP contribution < -0.4 is 4.74 Å². The van der Waals surface area contributed by atoms with E-state index in [0.717, 1.165) is 6.42 Å². The molecule has 2 heterocycles. The van der Waals surface area contributed by atoms with E-state index in [9.17, 15) is 14.7 Å². The molecule has 0 aliphatic carbocycles. The van der Waals surface area contributed by atoms with Gasteiger partial charge in [0.15, 0.2) is 0 Å². The second kappa shape index (κ2) is 8.96. The Morgan fingerprint density at radius 2 is 2.03 bits per heavy atom. The lowest BCUT2D eigenvalue weighted by molar-refractivity contribution is -0.140. The van der Waals surface area contributed by atoms with E-state index in [-0.39, 0.29) is 11.3 Å². The summed E-state index contributed by atoms with van der Waals surface area (Å²) >= 11 is 0. The zero-order chi connectivity index (χ0) is 21.0. The van der Waals surface area contributed by atoms with Gasteiger partial charge in [0, 0.05) is 18.7 Å². The highest BCUT2D eigenvalue weighted by atomic mass is 16.5. The second-order valence-corrected chi connectivity index (χ2v) is 7.19. The Morgan fingerprint density at radius 3 is 2.69 bits per heavy atom. The van der Waals surface area contributed by atoms with Crippen molar-refractivity contribution in [2.24, 2.45) is 0 Å². The molecule has 7 heteroatoms. The minimum Gasteiger partial charge on any atom is -0.507 e. The average Bonchev–Trinajstić information content (AvgIpc) is 3.32. The monoisotopic (exact) mass is 398 g/mol. The van der Waals surface area contributed by atoms with Crippen molar-refractivity contribution in [3.05, 3.63) is 59.6 Å². The third-order valence-corrected chi connectivity index (χ3v) is 4.72. The van der Waals surface area contributed by atoms with Crippen molar-refractivity contribution in [2.45, 2.75) is 19.4 Å². The van der Waals surface area contributed by atoms with Crippen LogP contribution in [-0.2, 0) is 9.59 Å². The summed E-state index contributed by atoms with van der Waals surface area (Å²) < 4.78 is 11.1. The SMILES string of the molecule is CCCOc1cccc(/C(O)=C2/C(=O)C(=O)N(CCN(C)C)C2c2ccco2)c1. The maximum atomic E-state index is 12.8. The molecule has 1 atom stereocenters. The third-order valence-electron chi connectivity index (χ3n) is 4.72. The average molecular weight is 398 g/mol. The highest BCUT2D eigenvalue weighted by Crippen LogP contribution is 2.39. The first kappa shape index (κ1) is 20.7. The van der Waals surface area contributed by atoms with Crippen LogP contribution >= 0.6 is 0 Å². The van der Waals surface area contributed by atoms with Gasteiger partial charge in [0.25, 0.3) is 11.7 Å². The minimum atomic E-state index is -0.773. The molecule has 154 valence electrons. The predicted molar refractivity (Wildman–Crippen MR) is 108 cm³/mol. The van der Waals surface area contributed by atoms with Crippen LogP contribution in [0.15, 0.2) is 52.7 Å². The van der Waals surface area contributed by atoms with Crippen molar-refractivity contribution >= 4 is 17.4 Å². The third kappa shape index (κ3) is 4.35. The van der Waals surface area contributed by atoms with Crippen molar-refractivity contribution in [2.75, 3.05) is 33.8 Å². The van der Waals surface area contributed by atoms with Crippen molar-refractivity contribution in [3.63, 3.8) is 0 Å². The fourth-order valence-electron chi connectivity index (χ4n) is 3.27. The molecule has 1 amide bonds. The van der Waals surface area contributed by atoms with E-state index >= 15 is 0 Å². The zero-order valence-corrected chi connectivity index (χ0v) is 16.9. The molecule has 1 saturated heterocycles. The number of aliphatic hydroxyl groups is 1. The molecule has 1 aromatic heterocycles. The predicted octanol–water partition coefficient (Wildman–Crippen LogP) is 3.05. The van der Waals surface area contributed by atoms with E-state index in [1.165, 1.54) is 11.2 Å². The lowest BCUT2D eigenvalue weighted by Crippen LogP contribution is -2.35. The van der Waals surface area contributed by atoms with Gasteiger partial charge in [-0.2, -0.15) is 0 Å². The van der Waals surface area contributed by atoms with Crippen LogP contribution in [0.1, 0.15) is 30.7 Å². The maximum absolute atomic E-state index is 12.8. The van der Waals surface area contributed by atoms with Crippen LogP contribution in [-0.4, -0.2) is 60.4 Å². The number of ether oxygens (including phenoxy) is 1. The summed E-state index contributed by atoms with van der Waals surface area (Å²) in [5.41, 5.74) is 0.442. The maximum Gasteiger partial charge on any atom is 0.295 e. The summed E-state index contributed by atoms with van der Waals surface area (Å²) in [5, 5.41) is 11.0. The van der Waals surface area contributed by atoms with Crippen LogP contribution in [0.25, 0.3) is 5.76 Å². The van der Waals surface area contributed by atoms with E-state index in [1.54, 1.807) is 36.4 Å². The number of likely N-dealkylation sites (tertiary alicyclic amines) is 1. The first-order valence-electron chi connectivity index (χ1n) is 9.63. The van der Waals surface area contributed by atoms with Gasteiger partial charge in [-0.3, -0.25) is 9.59 Å². The molecule has 1 fully saturated rings. The molecule has 1 aliphatic heterocycles. The van der Waals surface area contributed by atoms with Crippen LogP contribution in [0, 0.1) is 0 Å². The fraction of sp³-hybridized carbons (Fsp3) is 0.364. The van der Waals surface area contributed by atoms with Crippen molar-refractivity contribution in [1.82, 2.24) is 9.80 Å². The number of carbonyl (C=O) groups is 2. The smallest absolute Gasteiger partial charge is 0.295 e. The molecule has 2 aromatic rings. The van der Waals surface area contributed by atoms with E-state index < -0.39 is 17.7 Å². The first-order chi connectivity index (χ1) is 13.9. The van der Waals surface area contributed by atoms with Crippen molar-refractivity contribution in [1.29, 1.82) is 0 Å². The number of ketones is 1. The molecule has 0 bridgehead atoms. The number of nitrogens with zero attached hydrogens (tertiary/aromatic N) is 2. The number of rotatable bonds is 8. The normalized spacial score (nSPS) is 18.6. The van der Waals surface area contributed by atoms with Gasteiger partial charge in [0.05, 0.1) is 18.4 Å². The molecule has 0 spiro atoms. The Balaban J connectivity index is 2.04. The highest BCUT2D eigenvalue weighted by Gasteiger charge is 2.47. The summed E-state index contributed by atoms with van der Waals surface area (Å²) in [6.07, 6.45) is 2.34. The van der Waals surface area contributed by atoms with Crippen LogP contribution in [0.2, 0.25) is 0 Å². The molecule has 1 aliphatic rings. The molecule has 0 saturated carbocycles. The van der Waals surface area contributed by atoms with E-state index in [1.807, 2.05) is 25.9 Å². The van der Waals surface area contributed by atoms with E-state index in [2.05, 4.69) is 0 Å². The zero-order valence-electron chi connectivity index (χ0n) is 16.9. The van der Waals surface area contributed by atoms with Crippen LogP contribution in [0.4, 0.5) is 0 Å². The molecule has 7 nitrogen and oxygen atoms in total. The summed E-state index contributed by atoms with van der Waals surface area (Å²) in [6.45, 7) is 3.46. The number of carbonyl (C=O) groups excluding carboxylic acids is 2. The lowest BCUT2D eigenvalue weighted by atomic mass is 9.99. The molecule has 3 rings (SSSR count). The Morgan fingerprint density at radius 1 is 1.24 bits per heavy atom. The number of amides is 1. The number of furan rings is 1. The Bertz CT molecular complexity index is 902. The van der Waals surface area contributed by atoms with Gasteiger partial charge in [0.1, 0.15) is 23.3 Å². The quantitative estimate of drug-likeness (QED) is 0.418. The van der Waals surface area contributed by atoms with Gasteiger partial charge in [0.2, 0.25) is 0 Å². The summed E-state index contributed by atoms with van der Waals surface area (Å²) in [6, 6.07) is 9.49. The van der Waals surface area contributed by atoms with Crippen LogP contribution in [0.5, 0.6) is 5.75 Å². The van der Waals surface area contributed by atoms with Gasteiger partial charge in [-0.05, 0) is 44.8 Å². The van der Waals surface area contributed by atoms with E-state index in [4.69, 9.17) is 9.15 Å². The van der Waals surface area contributed by atoms with Gasteiger partial charge < -0.3 is 24.1 Å². The summed E-state index contributed by atoms with van der Waals surface area (Å²) in [4.78, 5) is 28.9. The molecule has 29 heavy (non-hydrogen) atoms. The molecule has 1 unspecified atom stereocenters. The topological polar surface area (TPSA) is 83.2 Å². The second-order valence-electron chi connectivity index (χ2n) is 7.19. The summed E-state index contributed by atoms with van der Waals surface area (Å²) in [5.74, 6) is -0.579. The van der Waals surface area contributed by atoms with Gasteiger partial charge in [-0.1, -0.05) is 19.1 Å². The molecule has 1 aromatic carbocycles. The van der Waals surface area contributed by atoms with E-state index in [0.29, 0.717) is 36.8 Å². The number of benzene rings is 1. The standard InChI is InChI=1S/C22H26N2O5/c1-4-12-28-16-8-5-7-15(14-16)20(25)18-19(17-9-6-13-29-17)24(11-10-23(2)3)22(27)21(18)26/h5-9,13-14,19,25H,4,10-12H2,1-3H3/b20-18-. The molecular weight excluding hydrogens is 372 g/mol. The summed E-state index contributed by atoms with van der Waals surface area (Å²) in [7, 11) is 3.78. The molecule has 1 N–H and O–H groups in total. The van der Waals surface area contributed by atoms with Gasteiger partial charge in [-0.15, -0.1) is 0 Å². The Kier molecular flexibility index (Phi) is 6.39. The van der Waals surface area contributed by atoms with Gasteiger partial charge >= 0.3 is 0 Å². The molecular formula is C22H26N2O5. The number of hydrogen-bond donors (Lipinski definition) is 1. The highest BCUT2D eigenvalue weighted by molar-refractivity contribution is 6.46. The lowest BCUT2D eigenvalue weighted by Gasteiger charge is -2.24. The Labute approximate surface area is 170 Å². The first-order valence-corrected chi connectivity index (χ1v) is 9.63. The fourth-order valence-corrected chi connectivity index (χ4v) is 3.27. The number of Topliss-reactive ketones (excluding diaryl/α,β-unsaturated/α-hetero) is 1. The number of hydrogen-bond acceptors (Lipinski definition) is 6. The Hall–Kier alpha value is -3.06. The van der Waals surface area contributed by atoms with Crippen molar-refractivity contribution in [3.8, 4) is 5.75 Å².